The Bertz CT molecular complexity index is 921. The van der Waals surface area contributed by atoms with Gasteiger partial charge in [0.15, 0.2) is 0 Å². The van der Waals surface area contributed by atoms with E-state index in [4.69, 9.17) is 27.9 Å². The summed E-state index contributed by atoms with van der Waals surface area (Å²) in [6.07, 6.45) is 3.31. The van der Waals surface area contributed by atoms with Gasteiger partial charge in [0, 0.05) is 21.0 Å². The number of thioether (sulfide) groups is 2. The van der Waals surface area contributed by atoms with Crippen LogP contribution in [0.4, 0.5) is 0 Å². The maximum Gasteiger partial charge on any atom is 0.137 e. The lowest BCUT2D eigenvalue weighted by atomic mass is 10.1. The van der Waals surface area contributed by atoms with E-state index in [1.165, 1.54) is 0 Å². The molecule has 4 rings (SSSR count). The first-order valence-electron chi connectivity index (χ1n) is 8.42. The molecule has 140 valence electrons. The summed E-state index contributed by atoms with van der Waals surface area (Å²) in [4.78, 5) is 4.07. The van der Waals surface area contributed by atoms with E-state index in [0.29, 0.717) is 27.6 Å². The Morgan fingerprint density at radius 2 is 1.96 bits per heavy atom. The van der Waals surface area contributed by atoms with Crippen molar-refractivity contribution < 1.29 is 4.74 Å². The zero-order valence-corrected chi connectivity index (χ0v) is 17.7. The van der Waals surface area contributed by atoms with Crippen molar-refractivity contribution in [2.75, 3.05) is 5.75 Å². The van der Waals surface area contributed by atoms with Crippen molar-refractivity contribution in [2.24, 2.45) is 0 Å². The molecule has 3 aromatic rings. The van der Waals surface area contributed by atoms with E-state index in [9.17, 15) is 0 Å². The topological polar surface area (TPSA) is 39.9 Å². The van der Waals surface area contributed by atoms with Gasteiger partial charge in [0.2, 0.25) is 0 Å². The summed E-state index contributed by atoms with van der Waals surface area (Å²) in [5.74, 6) is 2.49. The van der Waals surface area contributed by atoms with Crippen LogP contribution in [0.25, 0.3) is 0 Å². The number of halogens is 2. The highest BCUT2D eigenvalue weighted by Gasteiger charge is 2.43. The van der Waals surface area contributed by atoms with Gasteiger partial charge in [-0.1, -0.05) is 36.2 Å². The molecule has 1 aliphatic heterocycles. The third-order valence-corrected chi connectivity index (χ3v) is 8.38. The molecule has 0 radical (unpaired) electrons. The van der Waals surface area contributed by atoms with Gasteiger partial charge in [-0.2, -0.15) is 5.10 Å². The molecule has 1 aliphatic rings. The van der Waals surface area contributed by atoms with Crippen LogP contribution in [0.1, 0.15) is 12.5 Å². The molecular formula is C19H17Cl2N3OS2. The van der Waals surface area contributed by atoms with Crippen LogP contribution in [0.5, 0.6) is 11.5 Å². The molecular weight excluding hydrogens is 421 g/mol. The van der Waals surface area contributed by atoms with Crippen LogP contribution >= 0.6 is 46.7 Å². The van der Waals surface area contributed by atoms with E-state index in [0.717, 1.165) is 17.1 Å². The SMILES string of the molecule is CC1CSC(Cn2cncn2)(c2ccc(Oc3ccc(Cl)cc3)cc2Cl)S1. The Morgan fingerprint density at radius 1 is 1.19 bits per heavy atom. The van der Waals surface area contributed by atoms with E-state index >= 15 is 0 Å². The fourth-order valence-electron chi connectivity index (χ4n) is 2.99. The number of aromatic nitrogens is 3. The maximum atomic E-state index is 6.71. The zero-order valence-electron chi connectivity index (χ0n) is 14.5. The van der Waals surface area contributed by atoms with Crippen molar-refractivity contribution in [3.8, 4) is 11.5 Å². The predicted octanol–water partition coefficient (Wildman–Crippen LogP) is 6.10. The quantitative estimate of drug-likeness (QED) is 0.482. The van der Waals surface area contributed by atoms with Gasteiger partial charge in [-0.25, -0.2) is 4.98 Å². The number of hydrogen-bond acceptors (Lipinski definition) is 5. The van der Waals surface area contributed by atoms with Crippen LogP contribution in [0.3, 0.4) is 0 Å². The predicted molar refractivity (Wildman–Crippen MR) is 114 cm³/mol. The number of rotatable bonds is 5. The fraction of sp³-hybridized carbons (Fsp3) is 0.263. The van der Waals surface area contributed by atoms with Gasteiger partial charge in [0.05, 0.1) is 6.54 Å². The molecule has 2 atom stereocenters. The number of ether oxygens (including phenoxy) is 1. The Morgan fingerprint density at radius 3 is 2.59 bits per heavy atom. The van der Waals surface area contributed by atoms with Gasteiger partial charge in [0.1, 0.15) is 28.2 Å². The first-order chi connectivity index (χ1) is 13.0. The number of hydrogen-bond donors (Lipinski definition) is 0. The molecule has 27 heavy (non-hydrogen) atoms. The first kappa shape index (κ1) is 19.0. The van der Waals surface area contributed by atoms with Crippen LogP contribution in [0, 0.1) is 0 Å². The molecule has 2 unspecified atom stereocenters. The molecule has 8 heteroatoms. The van der Waals surface area contributed by atoms with E-state index in [1.54, 1.807) is 24.8 Å². The van der Waals surface area contributed by atoms with Gasteiger partial charge in [0.25, 0.3) is 0 Å². The highest BCUT2D eigenvalue weighted by molar-refractivity contribution is 8.21. The number of nitrogens with zero attached hydrogens (tertiary/aromatic N) is 3. The lowest BCUT2D eigenvalue weighted by Crippen LogP contribution is -2.23. The highest BCUT2D eigenvalue weighted by Crippen LogP contribution is 2.57. The second-order valence-electron chi connectivity index (χ2n) is 6.28. The molecule has 0 amide bonds. The van der Waals surface area contributed by atoms with Crippen molar-refractivity contribution in [3.63, 3.8) is 0 Å². The molecule has 0 aliphatic carbocycles. The van der Waals surface area contributed by atoms with Crippen LogP contribution in [0.2, 0.25) is 10.0 Å². The fourth-order valence-corrected chi connectivity index (χ4v) is 7.23. The maximum absolute atomic E-state index is 6.71. The van der Waals surface area contributed by atoms with Crippen LogP contribution < -0.4 is 4.74 Å². The minimum absolute atomic E-state index is 0.191. The third-order valence-electron chi connectivity index (χ3n) is 4.18. The standard InChI is InChI=1S/C19H17Cl2N3OS2/c1-13-9-26-19(27-13,10-24-12-22-11-23-24)17-7-6-16(8-18(17)21)25-15-4-2-14(20)3-5-15/h2-8,11-13H,9-10H2,1H3. The second-order valence-corrected chi connectivity index (χ2v) is 10.4. The largest absolute Gasteiger partial charge is 0.457 e. The average molecular weight is 438 g/mol. The zero-order chi connectivity index (χ0) is 18.9. The molecule has 0 saturated carbocycles. The van der Waals surface area contributed by atoms with Crippen molar-refractivity contribution in [1.29, 1.82) is 0 Å². The third kappa shape index (κ3) is 4.24. The molecule has 1 saturated heterocycles. The van der Waals surface area contributed by atoms with Crippen molar-refractivity contribution in [2.45, 2.75) is 22.8 Å². The summed E-state index contributed by atoms with van der Waals surface area (Å²) in [5.41, 5.74) is 1.09. The normalized spacial score (nSPS) is 22.1. The minimum atomic E-state index is -0.191. The molecule has 0 spiro atoms. The second kappa shape index (κ2) is 7.95. The van der Waals surface area contributed by atoms with E-state index < -0.39 is 0 Å². The Balaban J connectivity index is 1.62. The van der Waals surface area contributed by atoms with E-state index in [2.05, 4.69) is 23.1 Å². The first-order valence-corrected chi connectivity index (χ1v) is 11.0. The van der Waals surface area contributed by atoms with Crippen molar-refractivity contribution in [3.05, 3.63) is 70.7 Å². The number of benzene rings is 2. The van der Waals surface area contributed by atoms with Crippen LogP contribution in [-0.4, -0.2) is 25.8 Å². The van der Waals surface area contributed by atoms with Crippen LogP contribution in [-0.2, 0) is 10.6 Å². The van der Waals surface area contributed by atoms with Gasteiger partial charge < -0.3 is 4.74 Å². The average Bonchev–Trinajstić information content (AvgIpc) is 3.28. The molecule has 2 aromatic carbocycles. The molecule has 4 nitrogen and oxygen atoms in total. The van der Waals surface area contributed by atoms with Crippen molar-refractivity contribution in [1.82, 2.24) is 14.8 Å². The summed E-state index contributed by atoms with van der Waals surface area (Å²) in [6, 6.07) is 13.2. The van der Waals surface area contributed by atoms with Gasteiger partial charge >= 0.3 is 0 Å². The van der Waals surface area contributed by atoms with Crippen LogP contribution in [0.15, 0.2) is 55.1 Å². The summed E-state index contributed by atoms with van der Waals surface area (Å²) in [6.45, 7) is 2.95. The van der Waals surface area contributed by atoms with Gasteiger partial charge in [-0.05, 0) is 42.0 Å². The smallest absolute Gasteiger partial charge is 0.137 e. The molecule has 1 aromatic heterocycles. The Kier molecular flexibility index (Phi) is 5.60. The summed E-state index contributed by atoms with van der Waals surface area (Å²) in [5, 5.41) is 6.19. The van der Waals surface area contributed by atoms with Gasteiger partial charge in [-0.15, -0.1) is 23.5 Å². The molecule has 1 fully saturated rings. The minimum Gasteiger partial charge on any atom is -0.457 e. The van der Waals surface area contributed by atoms with Gasteiger partial charge in [-0.3, -0.25) is 4.68 Å². The van der Waals surface area contributed by atoms with E-state index in [1.807, 2.05) is 52.5 Å². The Hall–Kier alpha value is -1.34. The molecule has 2 heterocycles. The lowest BCUT2D eigenvalue weighted by molar-refractivity contribution is 0.482. The van der Waals surface area contributed by atoms with Crippen molar-refractivity contribution >= 4 is 46.7 Å². The monoisotopic (exact) mass is 437 g/mol. The lowest BCUT2D eigenvalue weighted by Gasteiger charge is -2.29. The highest BCUT2D eigenvalue weighted by atomic mass is 35.5. The summed E-state index contributed by atoms with van der Waals surface area (Å²) < 4.78 is 7.58. The van der Waals surface area contributed by atoms with E-state index in [-0.39, 0.29) is 4.08 Å². The molecule has 0 bridgehead atoms. The summed E-state index contributed by atoms with van der Waals surface area (Å²) >= 11 is 16.5. The Labute approximate surface area is 176 Å². The molecule has 0 N–H and O–H groups in total. The summed E-state index contributed by atoms with van der Waals surface area (Å²) in [7, 11) is 0.